The Morgan fingerprint density at radius 1 is 1.13 bits per heavy atom. The molecule has 2 fully saturated rings. The molecule has 0 spiro atoms. The number of ether oxygens (including phenoxy) is 1. The minimum Gasteiger partial charge on any atom is -0.465 e. The number of carboxylic acid groups (broad SMARTS) is 1. The molecule has 2 aliphatic rings. The lowest BCUT2D eigenvalue weighted by Gasteiger charge is -2.28. The highest BCUT2D eigenvalue weighted by Crippen LogP contribution is 2.31. The molecule has 0 bridgehead atoms. The fraction of sp³-hybridized carbons (Fsp3) is 0.429. The monoisotopic (exact) mass is 423 g/mol. The molecular formula is C21H25N7O3. The Labute approximate surface area is 179 Å². The number of nitrogens with zero attached hydrogens (tertiary/aromatic N) is 5. The second kappa shape index (κ2) is 8.48. The average Bonchev–Trinajstić information content (AvgIpc) is 3.24. The van der Waals surface area contributed by atoms with Crippen molar-refractivity contribution >= 4 is 28.6 Å². The third-order valence-electron chi connectivity index (χ3n) is 5.79. The van der Waals surface area contributed by atoms with E-state index in [2.05, 4.69) is 15.5 Å². The van der Waals surface area contributed by atoms with Gasteiger partial charge >= 0.3 is 6.09 Å². The van der Waals surface area contributed by atoms with Gasteiger partial charge in [-0.3, -0.25) is 5.32 Å². The summed E-state index contributed by atoms with van der Waals surface area (Å²) in [6, 6.07) is 7.41. The zero-order chi connectivity index (χ0) is 21.2. The van der Waals surface area contributed by atoms with Crippen LogP contribution in [0.5, 0.6) is 0 Å². The second-order valence-electron chi connectivity index (χ2n) is 7.79. The van der Waals surface area contributed by atoms with Gasteiger partial charge in [-0.1, -0.05) is 0 Å². The van der Waals surface area contributed by atoms with Crippen molar-refractivity contribution < 1.29 is 14.6 Å². The van der Waals surface area contributed by atoms with Gasteiger partial charge in [-0.25, -0.2) is 19.4 Å². The molecule has 3 aromatic rings. The maximum absolute atomic E-state index is 10.9. The lowest BCUT2D eigenvalue weighted by atomic mass is 10.1. The fourth-order valence-electron chi connectivity index (χ4n) is 4.20. The Morgan fingerprint density at radius 2 is 1.87 bits per heavy atom. The van der Waals surface area contributed by atoms with Crippen molar-refractivity contribution in [1.29, 1.82) is 0 Å². The number of morpholine rings is 1. The van der Waals surface area contributed by atoms with Crippen LogP contribution in [-0.4, -0.2) is 70.3 Å². The van der Waals surface area contributed by atoms with E-state index in [1.54, 1.807) is 12.1 Å². The third kappa shape index (κ3) is 4.04. The predicted octanol–water partition coefficient (Wildman–Crippen LogP) is 2.34. The van der Waals surface area contributed by atoms with Crippen LogP contribution in [0.25, 0.3) is 22.4 Å². The van der Waals surface area contributed by atoms with E-state index >= 15 is 0 Å². The number of hydrogen-bond donors (Lipinski definition) is 3. The molecule has 2 aliphatic heterocycles. The number of nitrogens with one attached hydrogen (secondary N) is 2. The summed E-state index contributed by atoms with van der Waals surface area (Å²) >= 11 is 0. The highest BCUT2D eigenvalue weighted by atomic mass is 16.5. The molecule has 2 saturated heterocycles. The first-order valence-electron chi connectivity index (χ1n) is 10.6. The Morgan fingerprint density at radius 3 is 2.58 bits per heavy atom. The summed E-state index contributed by atoms with van der Waals surface area (Å²) < 4.78 is 7.57. The number of hydrogen-bond acceptors (Lipinski definition) is 7. The number of rotatable bonds is 4. The Bertz CT molecular complexity index is 1070. The molecule has 1 amide bonds. The average molecular weight is 423 g/mol. The van der Waals surface area contributed by atoms with Crippen molar-refractivity contribution in [1.82, 2.24) is 25.1 Å². The number of benzene rings is 1. The largest absolute Gasteiger partial charge is 0.465 e. The first kappa shape index (κ1) is 19.7. The molecule has 4 heterocycles. The summed E-state index contributed by atoms with van der Waals surface area (Å²) in [7, 11) is 0. The summed E-state index contributed by atoms with van der Waals surface area (Å²) in [6.07, 6.45) is 2.81. The fourth-order valence-corrected chi connectivity index (χ4v) is 4.20. The molecule has 0 unspecified atom stereocenters. The molecule has 0 saturated carbocycles. The minimum atomic E-state index is -1.09. The van der Waals surface area contributed by atoms with E-state index in [1.165, 1.54) is 0 Å². The first-order chi connectivity index (χ1) is 15.2. The van der Waals surface area contributed by atoms with Crippen molar-refractivity contribution in [3.8, 4) is 11.4 Å². The van der Waals surface area contributed by atoms with Gasteiger partial charge < -0.3 is 20.1 Å². The van der Waals surface area contributed by atoms with Crippen molar-refractivity contribution in [3.05, 3.63) is 30.5 Å². The number of fused-ring (bicyclic) bond motifs is 1. The van der Waals surface area contributed by atoms with Crippen LogP contribution < -0.4 is 15.5 Å². The molecule has 0 radical (unpaired) electrons. The van der Waals surface area contributed by atoms with Gasteiger partial charge in [0, 0.05) is 24.3 Å². The van der Waals surface area contributed by atoms with Crippen molar-refractivity contribution in [3.63, 3.8) is 0 Å². The zero-order valence-electron chi connectivity index (χ0n) is 17.1. The van der Waals surface area contributed by atoms with E-state index < -0.39 is 6.09 Å². The standard InChI is InChI=1S/C21H25N7O3/c29-21(30)24-15-3-1-14(2-4-15)18-25-19(27-9-11-31-12-10-27)17-13-23-28(20(17)26-18)16-5-7-22-8-6-16/h1-4,13,16,22,24H,5-12H2,(H,29,30). The van der Waals surface area contributed by atoms with Crippen LogP contribution >= 0.6 is 0 Å². The van der Waals surface area contributed by atoms with Crippen LogP contribution in [-0.2, 0) is 4.74 Å². The summed E-state index contributed by atoms with van der Waals surface area (Å²) in [6.45, 7) is 4.81. The molecule has 1 aromatic carbocycles. The van der Waals surface area contributed by atoms with Crippen LogP contribution in [0.1, 0.15) is 18.9 Å². The summed E-state index contributed by atoms with van der Waals surface area (Å²) in [4.78, 5) is 22.9. The van der Waals surface area contributed by atoms with Crippen LogP contribution in [0.3, 0.4) is 0 Å². The Balaban J connectivity index is 1.59. The number of amides is 1. The van der Waals surface area contributed by atoms with Crippen molar-refractivity contribution in [2.45, 2.75) is 18.9 Å². The maximum atomic E-state index is 10.9. The highest BCUT2D eigenvalue weighted by molar-refractivity contribution is 5.89. The molecule has 2 aromatic heterocycles. The van der Waals surface area contributed by atoms with E-state index in [-0.39, 0.29) is 0 Å². The van der Waals surface area contributed by atoms with E-state index in [1.807, 2.05) is 23.0 Å². The van der Waals surface area contributed by atoms with Crippen molar-refractivity contribution in [2.24, 2.45) is 0 Å². The number of carbonyl (C=O) groups is 1. The SMILES string of the molecule is O=C(O)Nc1ccc(-c2nc(N3CCOCC3)c3cnn(C4CCNCC4)c3n2)cc1. The van der Waals surface area contributed by atoms with Crippen LogP contribution in [0.4, 0.5) is 16.3 Å². The van der Waals surface area contributed by atoms with Gasteiger partial charge in [-0.15, -0.1) is 0 Å². The highest BCUT2D eigenvalue weighted by Gasteiger charge is 2.24. The molecule has 0 aliphatic carbocycles. The predicted molar refractivity (Wildman–Crippen MR) is 117 cm³/mol. The van der Waals surface area contributed by atoms with Gasteiger partial charge in [0.05, 0.1) is 30.8 Å². The number of anilines is 2. The van der Waals surface area contributed by atoms with Gasteiger partial charge in [0.25, 0.3) is 0 Å². The molecule has 10 heteroatoms. The molecular weight excluding hydrogens is 398 g/mol. The van der Waals surface area contributed by atoms with Crippen LogP contribution in [0.15, 0.2) is 30.5 Å². The van der Waals surface area contributed by atoms with E-state index in [0.29, 0.717) is 30.8 Å². The van der Waals surface area contributed by atoms with E-state index in [9.17, 15) is 4.79 Å². The van der Waals surface area contributed by atoms with Crippen LogP contribution in [0.2, 0.25) is 0 Å². The first-order valence-corrected chi connectivity index (χ1v) is 10.6. The third-order valence-corrected chi connectivity index (χ3v) is 5.79. The minimum absolute atomic E-state index is 0.307. The second-order valence-corrected chi connectivity index (χ2v) is 7.79. The maximum Gasteiger partial charge on any atom is 0.409 e. The molecule has 31 heavy (non-hydrogen) atoms. The number of aromatic nitrogens is 4. The lowest BCUT2D eigenvalue weighted by Crippen LogP contribution is -2.37. The smallest absolute Gasteiger partial charge is 0.409 e. The molecule has 10 nitrogen and oxygen atoms in total. The normalized spacial score (nSPS) is 17.7. The lowest BCUT2D eigenvalue weighted by molar-refractivity contribution is 0.122. The zero-order valence-corrected chi connectivity index (χ0v) is 17.1. The van der Waals surface area contributed by atoms with Gasteiger partial charge in [0.2, 0.25) is 0 Å². The van der Waals surface area contributed by atoms with Gasteiger partial charge in [-0.2, -0.15) is 5.10 Å². The quantitative estimate of drug-likeness (QED) is 0.585. The molecule has 3 N–H and O–H groups in total. The molecule has 0 atom stereocenters. The molecule has 162 valence electrons. The van der Waals surface area contributed by atoms with Gasteiger partial charge in [-0.05, 0) is 50.2 Å². The van der Waals surface area contributed by atoms with E-state index in [0.717, 1.165) is 61.4 Å². The Hall–Kier alpha value is -3.24. The van der Waals surface area contributed by atoms with Gasteiger partial charge in [0.15, 0.2) is 11.5 Å². The summed E-state index contributed by atoms with van der Waals surface area (Å²) in [5.41, 5.74) is 2.17. The Kier molecular flexibility index (Phi) is 5.39. The topological polar surface area (TPSA) is 117 Å². The van der Waals surface area contributed by atoms with Gasteiger partial charge in [0.1, 0.15) is 5.82 Å². The van der Waals surface area contributed by atoms with Crippen LogP contribution in [0, 0.1) is 0 Å². The van der Waals surface area contributed by atoms with E-state index in [4.69, 9.17) is 24.9 Å². The van der Waals surface area contributed by atoms with Crippen molar-refractivity contribution in [2.75, 3.05) is 49.6 Å². The molecule has 5 rings (SSSR count). The summed E-state index contributed by atoms with van der Waals surface area (Å²) in [5.74, 6) is 1.47. The summed E-state index contributed by atoms with van der Waals surface area (Å²) in [5, 5.41) is 20.3. The number of piperidine rings is 1.